The van der Waals surface area contributed by atoms with Crippen molar-refractivity contribution in [2.24, 2.45) is 0 Å². The van der Waals surface area contributed by atoms with Gasteiger partial charge in [0.2, 0.25) is 0 Å². The zero-order valence-electron chi connectivity index (χ0n) is 9.59. The Balaban J connectivity index is 2.35. The molecule has 84 valence electrons. The highest BCUT2D eigenvalue weighted by Gasteiger charge is 2.08. The summed E-state index contributed by atoms with van der Waals surface area (Å²) in [5.74, 6) is 0.789. The van der Waals surface area contributed by atoms with Gasteiger partial charge in [0, 0.05) is 17.8 Å². The van der Waals surface area contributed by atoms with Crippen LogP contribution in [0, 0.1) is 6.92 Å². The average Bonchev–Trinajstić information content (AvgIpc) is 2.68. The molecule has 0 aliphatic carbocycles. The first-order valence-corrected chi connectivity index (χ1v) is 5.55. The maximum absolute atomic E-state index is 5.97. The zero-order chi connectivity index (χ0) is 11.8. The van der Waals surface area contributed by atoms with Crippen LogP contribution in [0.4, 0.5) is 5.69 Å². The quantitative estimate of drug-likeness (QED) is 0.689. The fraction of sp³-hybridized carbons (Fsp3) is 0.0714. The molecule has 0 saturated carbocycles. The van der Waals surface area contributed by atoms with Crippen molar-refractivity contribution in [3.05, 3.63) is 54.4 Å². The topological polar surface area (TPSA) is 43.8 Å². The number of para-hydroxylation sites is 1. The third kappa shape index (κ3) is 1.47. The van der Waals surface area contributed by atoms with Crippen LogP contribution in [-0.2, 0) is 0 Å². The zero-order valence-corrected chi connectivity index (χ0v) is 9.59. The molecule has 0 spiro atoms. The van der Waals surface area contributed by atoms with Gasteiger partial charge in [0.1, 0.15) is 0 Å². The van der Waals surface area contributed by atoms with E-state index in [-0.39, 0.29) is 0 Å². The molecule has 0 aliphatic rings. The Kier molecular flexibility index (Phi) is 2.11. The number of aryl methyl sites for hydroxylation is 1. The summed E-state index contributed by atoms with van der Waals surface area (Å²) in [4.78, 5) is 4.35. The molecule has 0 bridgehead atoms. The Hall–Kier alpha value is -2.29. The van der Waals surface area contributed by atoms with E-state index < -0.39 is 0 Å². The Morgan fingerprint density at radius 1 is 1.12 bits per heavy atom. The van der Waals surface area contributed by atoms with Crippen LogP contribution in [0.1, 0.15) is 5.56 Å². The highest BCUT2D eigenvalue weighted by molar-refractivity contribution is 5.85. The van der Waals surface area contributed by atoms with Crippen LogP contribution >= 0.6 is 0 Å². The van der Waals surface area contributed by atoms with Crippen molar-refractivity contribution in [3.8, 4) is 5.82 Å². The average molecular weight is 223 g/mol. The van der Waals surface area contributed by atoms with E-state index in [0.717, 1.165) is 11.3 Å². The van der Waals surface area contributed by atoms with E-state index in [1.54, 1.807) is 6.20 Å². The van der Waals surface area contributed by atoms with Gasteiger partial charge in [-0.1, -0.05) is 18.2 Å². The van der Waals surface area contributed by atoms with Gasteiger partial charge in [-0.3, -0.25) is 4.57 Å². The molecule has 0 atom stereocenters. The van der Waals surface area contributed by atoms with Crippen LogP contribution < -0.4 is 5.73 Å². The van der Waals surface area contributed by atoms with Crippen LogP contribution in [0.5, 0.6) is 0 Å². The summed E-state index contributed by atoms with van der Waals surface area (Å²) in [5.41, 5.74) is 9.02. The Morgan fingerprint density at radius 2 is 1.94 bits per heavy atom. The molecule has 3 aromatic rings. The van der Waals surface area contributed by atoms with Gasteiger partial charge in [0.25, 0.3) is 0 Å². The summed E-state index contributed by atoms with van der Waals surface area (Å²) in [6, 6.07) is 12.0. The van der Waals surface area contributed by atoms with Crippen molar-refractivity contribution < 1.29 is 0 Å². The van der Waals surface area contributed by atoms with Gasteiger partial charge in [0.05, 0.1) is 11.2 Å². The minimum absolute atomic E-state index is 0.688. The van der Waals surface area contributed by atoms with Crippen molar-refractivity contribution in [3.63, 3.8) is 0 Å². The van der Waals surface area contributed by atoms with Gasteiger partial charge in [-0.15, -0.1) is 0 Å². The van der Waals surface area contributed by atoms with Crippen LogP contribution in [0.15, 0.2) is 48.8 Å². The molecule has 0 radical (unpaired) electrons. The number of fused-ring (bicyclic) bond motifs is 1. The van der Waals surface area contributed by atoms with E-state index in [4.69, 9.17) is 5.73 Å². The molecule has 0 unspecified atom stereocenters. The summed E-state index contributed by atoms with van der Waals surface area (Å²) < 4.78 is 2.04. The number of aromatic nitrogens is 2. The van der Waals surface area contributed by atoms with Crippen molar-refractivity contribution in [1.29, 1.82) is 0 Å². The smallest absolute Gasteiger partial charge is 0.160 e. The number of hydrogen-bond acceptors (Lipinski definition) is 2. The minimum Gasteiger partial charge on any atom is -0.396 e. The first-order valence-electron chi connectivity index (χ1n) is 5.55. The molecule has 1 aromatic carbocycles. The first-order chi connectivity index (χ1) is 8.27. The lowest BCUT2D eigenvalue weighted by molar-refractivity contribution is 1.04. The third-order valence-electron chi connectivity index (χ3n) is 2.96. The van der Waals surface area contributed by atoms with Crippen molar-refractivity contribution in [2.75, 3.05) is 5.73 Å². The van der Waals surface area contributed by atoms with E-state index >= 15 is 0 Å². The summed E-state index contributed by atoms with van der Waals surface area (Å²) in [6.45, 7) is 2.10. The summed E-state index contributed by atoms with van der Waals surface area (Å²) in [5, 5.41) is 1.23. The fourth-order valence-electron chi connectivity index (χ4n) is 2.14. The molecule has 3 heteroatoms. The summed E-state index contributed by atoms with van der Waals surface area (Å²) >= 11 is 0. The predicted octanol–water partition coefficient (Wildman–Crippen LogP) is 2.92. The number of nitrogens with zero attached hydrogens (tertiary/aromatic N) is 2. The molecule has 2 N–H and O–H groups in total. The molecule has 0 saturated heterocycles. The molecular weight excluding hydrogens is 210 g/mol. The van der Waals surface area contributed by atoms with Crippen molar-refractivity contribution in [1.82, 2.24) is 9.55 Å². The van der Waals surface area contributed by atoms with E-state index in [9.17, 15) is 0 Å². The molecule has 0 fully saturated rings. The molecule has 3 rings (SSSR count). The van der Waals surface area contributed by atoms with E-state index in [1.165, 1.54) is 10.9 Å². The van der Waals surface area contributed by atoms with Gasteiger partial charge < -0.3 is 5.73 Å². The first kappa shape index (κ1) is 9.90. The van der Waals surface area contributed by atoms with Crippen LogP contribution in [0.25, 0.3) is 16.7 Å². The molecule has 2 aromatic heterocycles. The fourth-order valence-corrected chi connectivity index (χ4v) is 2.14. The second-order valence-corrected chi connectivity index (χ2v) is 4.12. The number of nitrogen functional groups attached to an aromatic ring is 1. The SMILES string of the molecule is Cc1cn(-c2ncccc2N)c2ccccc12. The van der Waals surface area contributed by atoms with Gasteiger partial charge in [-0.2, -0.15) is 0 Å². The van der Waals surface area contributed by atoms with E-state index in [2.05, 4.69) is 30.2 Å². The van der Waals surface area contributed by atoms with Crippen LogP contribution in [0.2, 0.25) is 0 Å². The van der Waals surface area contributed by atoms with E-state index in [1.807, 2.05) is 28.8 Å². The number of nitrogens with two attached hydrogens (primary N) is 1. The lowest BCUT2D eigenvalue weighted by Crippen LogP contribution is -2.00. The maximum Gasteiger partial charge on any atom is 0.160 e. The molecule has 17 heavy (non-hydrogen) atoms. The van der Waals surface area contributed by atoms with Gasteiger partial charge in [-0.25, -0.2) is 4.98 Å². The molecular formula is C14H13N3. The molecule has 0 amide bonds. The lowest BCUT2D eigenvalue weighted by atomic mass is 10.2. The minimum atomic E-state index is 0.688. The molecule has 3 nitrogen and oxygen atoms in total. The third-order valence-corrected chi connectivity index (χ3v) is 2.96. The number of rotatable bonds is 1. The monoisotopic (exact) mass is 223 g/mol. The second kappa shape index (κ2) is 3.63. The maximum atomic E-state index is 5.97. The van der Waals surface area contributed by atoms with Crippen LogP contribution in [-0.4, -0.2) is 9.55 Å². The van der Waals surface area contributed by atoms with Gasteiger partial charge in [-0.05, 0) is 30.7 Å². The van der Waals surface area contributed by atoms with E-state index in [0.29, 0.717) is 5.69 Å². The highest BCUT2D eigenvalue weighted by atomic mass is 15.1. The number of pyridine rings is 1. The summed E-state index contributed by atoms with van der Waals surface area (Å²) in [7, 11) is 0. The largest absolute Gasteiger partial charge is 0.396 e. The Labute approximate surface area is 99.5 Å². The van der Waals surface area contributed by atoms with Crippen molar-refractivity contribution in [2.45, 2.75) is 6.92 Å². The normalized spacial score (nSPS) is 10.9. The molecule has 2 heterocycles. The van der Waals surface area contributed by atoms with Crippen LogP contribution in [0.3, 0.4) is 0 Å². The number of anilines is 1. The Morgan fingerprint density at radius 3 is 2.76 bits per heavy atom. The van der Waals surface area contributed by atoms with Gasteiger partial charge in [0.15, 0.2) is 5.82 Å². The molecule has 0 aliphatic heterocycles. The lowest BCUT2D eigenvalue weighted by Gasteiger charge is -2.06. The highest BCUT2D eigenvalue weighted by Crippen LogP contribution is 2.25. The number of hydrogen-bond donors (Lipinski definition) is 1. The standard InChI is InChI=1S/C14H13N3/c1-10-9-17(13-7-3-2-5-11(10)13)14-12(15)6-4-8-16-14/h2-9H,15H2,1H3. The number of benzene rings is 1. The van der Waals surface area contributed by atoms with Crippen molar-refractivity contribution >= 4 is 16.6 Å². The predicted molar refractivity (Wildman–Crippen MR) is 70.2 cm³/mol. The second-order valence-electron chi connectivity index (χ2n) is 4.12. The van der Waals surface area contributed by atoms with Gasteiger partial charge >= 0.3 is 0 Å². The Bertz CT molecular complexity index is 683. The summed E-state index contributed by atoms with van der Waals surface area (Å²) in [6.07, 6.45) is 3.83.